The van der Waals surface area contributed by atoms with Crippen LogP contribution < -0.4 is 19.9 Å². The number of carboxylic acids is 1. The molecule has 0 bridgehead atoms. The van der Waals surface area contributed by atoms with Gasteiger partial charge < -0.3 is 25.1 Å². The van der Waals surface area contributed by atoms with Crippen LogP contribution in [-0.4, -0.2) is 30.8 Å². The number of aliphatic carboxylic acids is 1. The molecule has 0 saturated heterocycles. The zero-order chi connectivity index (χ0) is 27.9. The van der Waals surface area contributed by atoms with Gasteiger partial charge in [-0.3, -0.25) is 4.79 Å². The fourth-order valence-electron chi connectivity index (χ4n) is 3.60. The maximum Gasteiger partial charge on any atom is 0.320 e. The molecule has 0 amide bonds. The lowest BCUT2D eigenvalue weighted by Gasteiger charge is -2.18. The Morgan fingerprint density at radius 2 is 1.68 bits per heavy atom. The maximum absolute atomic E-state index is 11.0. The van der Waals surface area contributed by atoms with Crippen LogP contribution in [0.25, 0.3) is 0 Å². The third-order valence-electron chi connectivity index (χ3n) is 5.75. The number of hydrogen-bond acceptors (Lipinski definition) is 5. The molecule has 38 heavy (non-hydrogen) atoms. The third kappa shape index (κ3) is 8.06. The van der Waals surface area contributed by atoms with Crippen molar-refractivity contribution in [2.45, 2.75) is 45.3 Å². The van der Waals surface area contributed by atoms with Gasteiger partial charge in [-0.2, -0.15) is 0 Å². The molecule has 0 spiro atoms. The fraction of sp³-hybridized carbons (Fsp3) is 0.300. The molecule has 8 heteroatoms. The van der Waals surface area contributed by atoms with Gasteiger partial charge >= 0.3 is 5.97 Å². The standard InChI is InChI=1S/C30H31Cl2NO5/c1-30(2,3)22-9-7-19(8-10-22)6-5-13-37-27-12-11-23(36-4)17-21(27)18-38-28-24(31)14-20(15-25(28)32)16-26(33)29(34)35/h7-12,14-15,17,26H,13,16,18,33H2,1-4H3,(H,34,35). The minimum absolute atomic E-state index is 0.0880. The zero-order valence-corrected chi connectivity index (χ0v) is 23.3. The highest BCUT2D eigenvalue weighted by molar-refractivity contribution is 6.37. The lowest BCUT2D eigenvalue weighted by molar-refractivity contribution is -0.138. The predicted molar refractivity (Wildman–Crippen MR) is 151 cm³/mol. The number of ether oxygens (including phenoxy) is 3. The van der Waals surface area contributed by atoms with Gasteiger partial charge in [-0.25, -0.2) is 0 Å². The quantitative estimate of drug-likeness (QED) is 0.302. The van der Waals surface area contributed by atoms with Crippen LogP contribution in [0.2, 0.25) is 10.0 Å². The average Bonchev–Trinajstić information content (AvgIpc) is 2.86. The Balaban J connectivity index is 1.70. The Bertz CT molecular complexity index is 1310. The highest BCUT2D eigenvalue weighted by Crippen LogP contribution is 2.36. The molecule has 0 aliphatic heterocycles. The van der Waals surface area contributed by atoms with Gasteiger partial charge in [0.2, 0.25) is 0 Å². The molecule has 1 atom stereocenters. The van der Waals surface area contributed by atoms with Crippen LogP contribution in [-0.2, 0) is 23.2 Å². The van der Waals surface area contributed by atoms with E-state index in [-0.39, 0.29) is 40.8 Å². The first-order valence-electron chi connectivity index (χ1n) is 12.0. The first kappa shape index (κ1) is 29.2. The summed E-state index contributed by atoms with van der Waals surface area (Å²) in [5, 5.41) is 9.54. The van der Waals surface area contributed by atoms with Crippen LogP contribution in [0, 0.1) is 11.8 Å². The van der Waals surface area contributed by atoms with Crippen molar-refractivity contribution in [1.29, 1.82) is 0 Å². The predicted octanol–water partition coefficient (Wildman–Crippen LogP) is 6.26. The van der Waals surface area contributed by atoms with E-state index in [0.29, 0.717) is 22.6 Å². The average molecular weight is 556 g/mol. The molecule has 3 aromatic rings. The summed E-state index contributed by atoms with van der Waals surface area (Å²) in [7, 11) is 1.57. The lowest BCUT2D eigenvalue weighted by atomic mass is 9.87. The Labute approximate surface area is 233 Å². The molecular formula is C30H31Cl2NO5. The smallest absolute Gasteiger partial charge is 0.320 e. The summed E-state index contributed by atoms with van der Waals surface area (Å²) in [5.41, 5.74) is 9.18. The van der Waals surface area contributed by atoms with E-state index in [1.165, 1.54) is 5.56 Å². The van der Waals surface area contributed by atoms with Crippen molar-refractivity contribution >= 4 is 29.2 Å². The van der Waals surface area contributed by atoms with Crippen molar-refractivity contribution in [3.8, 4) is 29.1 Å². The van der Waals surface area contributed by atoms with E-state index in [1.54, 1.807) is 37.4 Å². The summed E-state index contributed by atoms with van der Waals surface area (Å²) < 4.78 is 17.2. The van der Waals surface area contributed by atoms with Gasteiger partial charge in [-0.05, 0) is 65.4 Å². The zero-order valence-electron chi connectivity index (χ0n) is 21.8. The number of methoxy groups -OCH3 is 1. The molecule has 200 valence electrons. The monoisotopic (exact) mass is 555 g/mol. The van der Waals surface area contributed by atoms with Gasteiger partial charge in [0.05, 0.1) is 17.2 Å². The van der Waals surface area contributed by atoms with E-state index < -0.39 is 12.0 Å². The topological polar surface area (TPSA) is 91.0 Å². The molecule has 0 aliphatic carbocycles. The van der Waals surface area contributed by atoms with Crippen molar-refractivity contribution in [3.63, 3.8) is 0 Å². The van der Waals surface area contributed by atoms with Crippen molar-refractivity contribution < 1.29 is 24.1 Å². The summed E-state index contributed by atoms with van der Waals surface area (Å²) in [6, 6.07) is 15.7. The van der Waals surface area contributed by atoms with Gasteiger partial charge in [0, 0.05) is 11.1 Å². The van der Waals surface area contributed by atoms with Gasteiger partial charge in [-0.15, -0.1) is 0 Å². The molecular weight excluding hydrogens is 525 g/mol. The molecule has 0 aliphatic rings. The number of nitrogens with two attached hydrogens (primary N) is 1. The van der Waals surface area contributed by atoms with E-state index in [0.717, 1.165) is 5.56 Å². The summed E-state index contributed by atoms with van der Waals surface area (Å²) in [6.07, 6.45) is 0.0880. The van der Waals surface area contributed by atoms with E-state index >= 15 is 0 Å². The molecule has 0 radical (unpaired) electrons. The first-order chi connectivity index (χ1) is 18.0. The summed E-state index contributed by atoms with van der Waals surface area (Å²) >= 11 is 12.8. The second-order valence-corrected chi connectivity index (χ2v) is 10.5. The van der Waals surface area contributed by atoms with Gasteiger partial charge in [0.1, 0.15) is 30.8 Å². The summed E-state index contributed by atoms with van der Waals surface area (Å²) in [4.78, 5) is 11.0. The van der Waals surface area contributed by atoms with Crippen molar-refractivity contribution in [3.05, 3.63) is 86.9 Å². The third-order valence-corrected chi connectivity index (χ3v) is 6.32. The Morgan fingerprint density at radius 1 is 1.03 bits per heavy atom. The normalized spacial score (nSPS) is 11.8. The second-order valence-electron chi connectivity index (χ2n) is 9.72. The number of benzene rings is 3. The molecule has 0 aromatic heterocycles. The molecule has 0 fully saturated rings. The number of carbonyl (C=O) groups is 1. The molecule has 3 aromatic carbocycles. The molecule has 3 rings (SSSR count). The second kappa shape index (κ2) is 12.9. The van der Waals surface area contributed by atoms with Gasteiger partial charge in [-0.1, -0.05) is 67.9 Å². The number of carboxylic acid groups (broad SMARTS) is 1. The number of rotatable bonds is 9. The van der Waals surface area contributed by atoms with E-state index in [9.17, 15) is 4.79 Å². The van der Waals surface area contributed by atoms with Crippen LogP contribution in [0.4, 0.5) is 0 Å². The van der Waals surface area contributed by atoms with E-state index in [2.05, 4.69) is 44.7 Å². The van der Waals surface area contributed by atoms with E-state index in [4.69, 9.17) is 48.3 Å². The van der Waals surface area contributed by atoms with Crippen molar-refractivity contribution in [1.82, 2.24) is 0 Å². The van der Waals surface area contributed by atoms with Crippen LogP contribution in [0.1, 0.15) is 43.0 Å². The maximum atomic E-state index is 11.0. The van der Waals surface area contributed by atoms with Gasteiger partial charge in [0.25, 0.3) is 0 Å². The largest absolute Gasteiger partial charge is 0.497 e. The van der Waals surface area contributed by atoms with Gasteiger partial charge in [0.15, 0.2) is 5.75 Å². The number of halogens is 2. The Hall–Kier alpha value is -3.37. The molecule has 1 unspecified atom stereocenters. The minimum Gasteiger partial charge on any atom is -0.497 e. The fourth-order valence-corrected chi connectivity index (χ4v) is 4.24. The summed E-state index contributed by atoms with van der Waals surface area (Å²) in [5.74, 6) is 6.55. The Kier molecular flexibility index (Phi) is 9.93. The van der Waals surface area contributed by atoms with E-state index in [1.807, 2.05) is 12.1 Å². The molecule has 0 saturated carbocycles. The van der Waals surface area contributed by atoms with Crippen LogP contribution in [0.3, 0.4) is 0 Å². The summed E-state index contributed by atoms with van der Waals surface area (Å²) in [6.45, 7) is 6.80. The SMILES string of the molecule is COc1ccc(OCC#Cc2ccc(C(C)(C)C)cc2)c(COc2c(Cl)cc(CC(N)C(=O)O)cc2Cl)c1. The first-order valence-corrected chi connectivity index (χ1v) is 12.7. The molecule has 3 N–H and O–H groups in total. The van der Waals surface area contributed by atoms with Crippen molar-refractivity contribution in [2.75, 3.05) is 13.7 Å². The number of hydrogen-bond donors (Lipinski definition) is 2. The molecule has 6 nitrogen and oxygen atoms in total. The lowest BCUT2D eigenvalue weighted by Crippen LogP contribution is -2.32. The van der Waals surface area contributed by atoms with Crippen LogP contribution >= 0.6 is 23.2 Å². The molecule has 0 heterocycles. The van der Waals surface area contributed by atoms with Crippen LogP contribution in [0.15, 0.2) is 54.6 Å². The minimum atomic E-state index is -1.11. The highest BCUT2D eigenvalue weighted by Gasteiger charge is 2.17. The Morgan fingerprint density at radius 3 is 2.26 bits per heavy atom. The van der Waals surface area contributed by atoms with Crippen molar-refractivity contribution in [2.24, 2.45) is 5.73 Å². The van der Waals surface area contributed by atoms with Crippen LogP contribution in [0.5, 0.6) is 17.2 Å². The highest BCUT2D eigenvalue weighted by atomic mass is 35.5.